The van der Waals surface area contributed by atoms with Crippen molar-refractivity contribution in [1.82, 2.24) is 19.4 Å². The molecule has 0 saturated carbocycles. The van der Waals surface area contributed by atoms with Gasteiger partial charge in [-0.3, -0.25) is 28.9 Å². The lowest BCUT2D eigenvalue weighted by molar-refractivity contribution is -0.120. The Morgan fingerprint density at radius 3 is 2.34 bits per heavy atom. The van der Waals surface area contributed by atoms with Gasteiger partial charge in [0.1, 0.15) is 5.82 Å². The zero-order valence-electron chi connectivity index (χ0n) is 20.6. The number of aromatic nitrogens is 2. The molecule has 11 nitrogen and oxygen atoms in total. The molecule has 1 aliphatic rings. The Kier molecular flexibility index (Phi) is 10.0. The van der Waals surface area contributed by atoms with Crippen molar-refractivity contribution in [2.75, 3.05) is 83.9 Å². The van der Waals surface area contributed by atoms with E-state index in [2.05, 4.69) is 14.8 Å². The smallest absolute Gasteiger partial charge is 0.330 e. The van der Waals surface area contributed by atoms with Crippen LogP contribution in [0, 0.1) is 0 Å². The van der Waals surface area contributed by atoms with E-state index in [9.17, 15) is 14.4 Å². The van der Waals surface area contributed by atoms with Gasteiger partial charge in [0.05, 0.1) is 19.7 Å². The third-order valence-electron chi connectivity index (χ3n) is 6.13. The molecule has 0 atom stereocenters. The lowest BCUT2D eigenvalue weighted by atomic mass is 10.2. The van der Waals surface area contributed by atoms with Crippen LogP contribution in [0.3, 0.4) is 0 Å². The summed E-state index contributed by atoms with van der Waals surface area (Å²) in [5, 5.41) is 0. The summed E-state index contributed by atoms with van der Waals surface area (Å²) in [6.07, 6.45) is 0.518. The predicted molar refractivity (Wildman–Crippen MR) is 135 cm³/mol. The van der Waals surface area contributed by atoms with Crippen LogP contribution in [0.2, 0.25) is 0 Å². The first kappa shape index (κ1) is 26.6. The molecule has 11 heteroatoms. The molecule has 2 aromatic rings. The van der Waals surface area contributed by atoms with Gasteiger partial charge >= 0.3 is 5.69 Å². The summed E-state index contributed by atoms with van der Waals surface area (Å²) in [6, 6.07) is 9.33. The number of methoxy groups -OCH3 is 2. The summed E-state index contributed by atoms with van der Waals surface area (Å²) in [5.41, 5.74) is 5.92. The van der Waals surface area contributed by atoms with E-state index in [-0.39, 0.29) is 37.0 Å². The van der Waals surface area contributed by atoms with E-state index in [1.165, 1.54) is 9.47 Å². The van der Waals surface area contributed by atoms with Crippen molar-refractivity contribution in [2.24, 2.45) is 0 Å². The molecule has 1 aromatic carbocycles. The first-order valence-corrected chi connectivity index (χ1v) is 11.8. The summed E-state index contributed by atoms with van der Waals surface area (Å²) in [4.78, 5) is 47.0. The number of nitrogens with two attached hydrogens (primary N) is 1. The van der Waals surface area contributed by atoms with Gasteiger partial charge in [-0.15, -0.1) is 0 Å². The molecule has 1 amide bonds. The molecular formula is C24H36N6O5. The van der Waals surface area contributed by atoms with Gasteiger partial charge in [0.2, 0.25) is 5.91 Å². The third-order valence-corrected chi connectivity index (χ3v) is 6.13. The van der Waals surface area contributed by atoms with Crippen molar-refractivity contribution in [1.29, 1.82) is 0 Å². The number of anilines is 2. The number of rotatable bonds is 12. The topological polar surface area (TPSA) is 126 Å². The van der Waals surface area contributed by atoms with Gasteiger partial charge in [-0.25, -0.2) is 4.79 Å². The lowest BCUT2D eigenvalue weighted by Gasteiger charge is -2.35. The number of hydrogen-bond donors (Lipinski definition) is 2. The number of carbonyl (C=O) groups excluding carboxylic acids is 1. The molecule has 0 radical (unpaired) electrons. The molecule has 0 unspecified atom stereocenters. The number of hydrogen-bond acceptors (Lipinski definition) is 8. The summed E-state index contributed by atoms with van der Waals surface area (Å²) < 4.78 is 11.6. The zero-order chi connectivity index (χ0) is 25.2. The molecule has 192 valence electrons. The highest BCUT2D eigenvalue weighted by atomic mass is 16.5. The van der Waals surface area contributed by atoms with Crippen LogP contribution in [0.15, 0.2) is 39.9 Å². The highest BCUT2D eigenvalue weighted by Gasteiger charge is 2.27. The first-order chi connectivity index (χ1) is 16.9. The maximum absolute atomic E-state index is 13.4. The predicted octanol–water partition coefficient (Wildman–Crippen LogP) is -0.199. The van der Waals surface area contributed by atoms with Crippen LogP contribution in [0.4, 0.5) is 11.5 Å². The molecule has 35 heavy (non-hydrogen) atoms. The van der Waals surface area contributed by atoms with E-state index in [4.69, 9.17) is 15.2 Å². The van der Waals surface area contributed by atoms with Crippen molar-refractivity contribution in [3.8, 4) is 0 Å². The van der Waals surface area contributed by atoms with Crippen molar-refractivity contribution < 1.29 is 14.3 Å². The molecule has 3 N–H and O–H groups in total. The number of aromatic amines is 1. The molecule has 1 aromatic heterocycles. The number of nitrogens with zero attached hydrogens (tertiary/aromatic N) is 4. The van der Waals surface area contributed by atoms with Crippen LogP contribution in [0.25, 0.3) is 0 Å². The van der Waals surface area contributed by atoms with Gasteiger partial charge in [-0.2, -0.15) is 0 Å². The summed E-state index contributed by atoms with van der Waals surface area (Å²) >= 11 is 0. The minimum Gasteiger partial charge on any atom is -0.385 e. The van der Waals surface area contributed by atoms with E-state index < -0.39 is 11.2 Å². The largest absolute Gasteiger partial charge is 0.385 e. The molecule has 0 bridgehead atoms. The Morgan fingerprint density at radius 1 is 1.03 bits per heavy atom. The molecule has 1 fully saturated rings. The molecule has 0 spiro atoms. The standard InChI is InChI=1S/C24H36N6O5/c1-34-15-6-9-29(20(31)18-28-12-10-27(11-13-28)14-16-35-2)21-22(25)30(24(33)26-23(21)32)17-19-7-4-3-5-8-19/h3-5,7-8H,6,9-18,25H2,1-2H3,(H,26,32,33). The number of piperazine rings is 1. The van der Waals surface area contributed by atoms with Crippen molar-refractivity contribution in [3.63, 3.8) is 0 Å². The number of benzene rings is 1. The maximum Gasteiger partial charge on any atom is 0.330 e. The van der Waals surface area contributed by atoms with E-state index in [0.29, 0.717) is 19.6 Å². The second-order valence-electron chi connectivity index (χ2n) is 8.57. The SMILES string of the molecule is COCCCN(C(=O)CN1CCN(CCOC)CC1)c1c(N)n(Cc2ccccc2)c(=O)[nH]c1=O. The number of nitrogen functional groups attached to an aromatic ring is 1. The average Bonchev–Trinajstić information content (AvgIpc) is 2.85. The van der Waals surface area contributed by atoms with Gasteiger partial charge in [0.25, 0.3) is 5.56 Å². The van der Waals surface area contributed by atoms with Crippen molar-refractivity contribution in [2.45, 2.75) is 13.0 Å². The Balaban J connectivity index is 1.82. The van der Waals surface area contributed by atoms with E-state index in [0.717, 1.165) is 38.3 Å². The van der Waals surface area contributed by atoms with Crippen molar-refractivity contribution in [3.05, 3.63) is 56.7 Å². The second kappa shape index (κ2) is 13.2. The molecule has 1 aliphatic heterocycles. The average molecular weight is 489 g/mol. The summed E-state index contributed by atoms with van der Waals surface area (Å²) in [6.45, 7) is 5.68. The minimum atomic E-state index is -0.674. The number of ether oxygens (including phenoxy) is 2. The highest BCUT2D eigenvalue weighted by molar-refractivity contribution is 5.96. The van der Waals surface area contributed by atoms with E-state index >= 15 is 0 Å². The number of carbonyl (C=O) groups is 1. The zero-order valence-corrected chi connectivity index (χ0v) is 20.6. The molecule has 3 rings (SSSR count). The van der Waals surface area contributed by atoms with Gasteiger partial charge in [0, 0.05) is 60.1 Å². The molecule has 1 saturated heterocycles. The minimum absolute atomic E-state index is 0.000338. The number of amides is 1. The Hall–Kier alpha value is -2.99. The Labute approximate surface area is 205 Å². The normalized spacial score (nSPS) is 14.8. The van der Waals surface area contributed by atoms with Crippen LogP contribution >= 0.6 is 0 Å². The lowest BCUT2D eigenvalue weighted by Crippen LogP contribution is -2.51. The van der Waals surface area contributed by atoms with Gasteiger partial charge < -0.3 is 20.1 Å². The molecule has 2 heterocycles. The van der Waals surface area contributed by atoms with Gasteiger partial charge in [0.15, 0.2) is 5.69 Å². The van der Waals surface area contributed by atoms with Crippen LogP contribution in [0.1, 0.15) is 12.0 Å². The Bertz CT molecular complexity index is 1060. The fourth-order valence-corrected chi connectivity index (χ4v) is 4.16. The van der Waals surface area contributed by atoms with Gasteiger partial charge in [-0.1, -0.05) is 30.3 Å². The molecular weight excluding hydrogens is 452 g/mol. The van der Waals surface area contributed by atoms with E-state index in [1.807, 2.05) is 30.3 Å². The van der Waals surface area contributed by atoms with Crippen molar-refractivity contribution >= 4 is 17.4 Å². The maximum atomic E-state index is 13.4. The van der Waals surface area contributed by atoms with Crippen LogP contribution in [0.5, 0.6) is 0 Å². The fraction of sp³-hybridized carbons (Fsp3) is 0.542. The van der Waals surface area contributed by atoms with Crippen LogP contribution in [-0.2, 0) is 20.8 Å². The quantitative estimate of drug-likeness (QED) is 0.394. The highest BCUT2D eigenvalue weighted by Crippen LogP contribution is 2.19. The fourth-order valence-electron chi connectivity index (χ4n) is 4.16. The number of H-pyrrole nitrogens is 1. The number of nitrogens with one attached hydrogen (secondary N) is 1. The summed E-state index contributed by atoms with van der Waals surface area (Å²) in [7, 11) is 3.26. The van der Waals surface area contributed by atoms with Crippen LogP contribution in [-0.4, -0.2) is 98.5 Å². The van der Waals surface area contributed by atoms with Gasteiger partial charge in [-0.05, 0) is 12.0 Å². The molecule has 0 aliphatic carbocycles. The Morgan fingerprint density at radius 2 is 1.69 bits per heavy atom. The first-order valence-electron chi connectivity index (χ1n) is 11.8. The third kappa shape index (κ3) is 7.25. The summed E-state index contributed by atoms with van der Waals surface area (Å²) in [5.74, 6) is -0.272. The monoisotopic (exact) mass is 488 g/mol. The van der Waals surface area contributed by atoms with E-state index in [1.54, 1.807) is 14.2 Å². The second-order valence-corrected chi connectivity index (χ2v) is 8.57. The van der Waals surface area contributed by atoms with Crippen LogP contribution < -0.4 is 21.9 Å².